The van der Waals surface area contributed by atoms with Gasteiger partial charge in [-0.2, -0.15) is 0 Å². The lowest BCUT2D eigenvalue weighted by Gasteiger charge is -2.35. The van der Waals surface area contributed by atoms with Crippen molar-refractivity contribution in [1.29, 1.82) is 0 Å². The Labute approximate surface area is 198 Å². The molecule has 0 spiro atoms. The fourth-order valence-corrected chi connectivity index (χ4v) is 5.06. The number of rotatable bonds is 8. The quantitative estimate of drug-likeness (QED) is 0.405. The van der Waals surface area contributed by atoms with Crippen LogP contribution >= 0.6 is 0 Å². The number of likely N-dealkylation sites (tertiary alicyclic amines) is 1. The molecule has 1 aliphatic rings. The van der Waals surface area contributed by atoms with Crippen molar-refractivity contribution in [3.8, 4) is 0 Å². The third kappa shape index (κ3) is 4.37. The second kappa shape index (κ2) is 9.85. The minimum atomic E-state index is -0.227. The average molecular weight is 462 g/mol. The molecule has 0 saturated carbocycles. The van der Waals surface area contributed by atoms with Gasteiger partial charge in [-0.05, 0) is 68.6 Å². The van der Waals surface area contributed by atoms with Gasteiger partial charge in [-0.1, -0.05) is 13.3 Å². The summed E-state index contributed by atoms with van der Waals surface area (Å²) in [7, 11) is 0. The molecule has 1 amide bonds. The van der Waals surface area contributed by atoms with Crippen molar-refractivity contribution in [3.63, 3.8) is 0 Å². The highest BCUT2D eigenvalue weighted by molar-refractivity contribution is 5.91. The highest BCUT2D eigenvalue weighted by Gasteiger charge is 2.20. The molecule has 5 rings (SSSR count). The van der Waals surface area contributed by atoms with Crippen molar-refractivity contribution < 1.29 is 9.21 Å². The van der Waals surface area contributed by atoms with Crippen LogP contribution in [0.15, 0.2) is 58.0 Å². The number of aromatic nitrogens is 3. The largest absolute Gasteiger partial charge is 0.454 e. The lowest BCUT2D eigenvalue weighted by atomic mass is 10.00. The molecule has 1 fully saturated rings. The van der Waals surface area contributed by atoms with Gasteiger partial charge < -0.3 is 19.0 Å². The minimum absolute atomic E-state index is 0.151. The van der Waals surface area contributed by atoms with Crippen molar-refractivity contribution in [1.82, 2.24) is 24.2 Å². The minimum Gasteiger partial charge on any atom is -0.454 e. The summed E-state index contributed by atoms with van der Waals surface area (Å²) in [6.07, 6.45) is 9.50. The number of piperidine rings is 1. The summed E-state index contributed by atoms with van der Waals surface area (Å²) >= 11 is 0. The van der Waals surface area contributed by atoms with E-state index in [1.54, 1.807) is 29.0 Å². The zero-order valence-corrected chi connectivity index (χ0v) is 19.6. The molecule has 1 unspecified atom stereocenters. The monoisotopic (exact) mass is 461 g/mol. The van der Waals surface area contributed by atoms with E-state index in [1.165, 1.54) is 25.7 Å². The predicted octanol–water partition coefficient (Wildman–Crippen LogP) is 3.67. The molecule has 178 valence electrons. The van der Waals surface area contributed by atoms with Gasteiger partial charge in [0.2, 0.25) is 0 Å². The van der Waals surface area contributed by atoms with Gasteiger partial charge in [0.15, 0.2) is 11.4 Å². The Kier molecular flexibility index (Phi) is 6.49. The van der Waals surface area contributed by atoms with Crippen LogP contribution in [0, 0.1) is 0 Å². The Balaban J connectivity index is 1.24. The van der Waals surface area contributed by atoms with Crippen LogP contribution in [0.1, 0.15) is 55.3 Å². The van der Waals surface area contributed by atoms with Crippen LogP contribution in [0.3, 0.4) is 0 Å². The molecule has 0 radical (unpaired) electrons. The maximum absolute atomic E-state index is 13.1. The standard InChI is InChI=1S/C26H31N5O3/c1-2-19-8-3-4-15-29(19)16-7-14-28-25(32)23-12-11-20(34-23)18-31-24-21(9-5-13-27-24)30-17-6-10-22(30)26(31)33/h5-6,9-13,17,19H,2-4,7-8,14-16,18H2,1H3,(H,28,32). The molecule has 5 heterocycles. The van der Waals surface area contributed by atoms with Gasteiger partial charge in [0.05, 0.1) is 12.1 Å². The Morgan fingerprint density at radius 2 is 2.06 bits per heavy atom. The first-order chi connectivity index (χ1) is 16.7. The topological polar surface area (TPSA) is 84.8 Å². The fraction of sp³-hybridized carbons (Fsp3) is 0.423. The predicted molar refractivity (Wildman–Crippen MR) is 131 cm³/mol. The highest BCUT2D eigenvalue weighted by atomic mass is 16.4. The molecule has 8 heteroatoms. The number of hydrogen-bond donors (Lipinski definition) is 1. The maximum Gasteiger partial charge on any atom is 0.286 e. The van der Waals surface area contributed by atoms with Gasteiger partial charge in [-0.25, -0.2) is 4.98 Å². The molecule has 1 saturated heterocycles. The van der Waals surface area contributed by atoms with E-state index in [1.807, 2.05) is 28.8 Å². The molecule has 4 aromatic rings. The smallest absolute Gasteiger partial charge is 0.286 e. The first-order valence-corrected chi connectivity index (χ1v) is 12.2. The van der Waals surface area contributed by atoms with Crippen LogP contribution in [-0.4, -0.2) is 50.4 Å². The number of hydrogen-bond acceptors (Lipinski definition) is 5. The molecular weight excluding hydrogens is 430 g/mol. The van der Waals surface area contributed by atoms with E-state index in [4.69, 9.17) is 4.42 Å². The van der Waals surface area contributed by atoms with E-state index >= 15 is 0 Å². The number of carbonyl (C=O) groups excluding carboxylic acids is 1. The normalized spacial score (nSPS) is 16.9. The third-order valence-electron chi connectivity index (χ3n) is 6.82. The van der Waals surface area contributed by atoms with Crippen LogP contribution in [0.4, 0.5) is 0 Å². The lowest BCUT2D eigenvalue weighted by molar-refractivity contribution is 0.0918. The van der Waals surface area contributed by atoms with Gasteiger partial charge in [-0.3, -0.25) is 14.2 Å². The summed E-state index contributed by atoms with van der Waals surface area (Å²) in [5.74, 6) is 0.567. The van der Waals surface area contributed by atoms with Crippen LogP contribution < -0.4 is 10.9 Å². The van der Waals surface area contributed by atoms with E-state index in [9.17, 15) is 9.59 Å². The van der Waals surface area contributed by atoms with Crippen molar-refractivity contribution in [3.05, 3.63) is 70.7 Å². The molecule has 0 aliphatic carbocycles. The Morgan fingerprint density at radius 1 is 1.18 bits per heavy atom. The van der Waals surface area contributed by atoms with Crippen molar-refractivity contribution >= 4 is 22.6 Å². The number of nitrogens with one attached hydrogen (secondary N) is 1. The number of amides is 1. The van der Waals surface area contributed by atoms with Gasteiger partial charge in [0, 0.05) is 31.5 Å². The van der Waals surface area contributed by atoms with Crippen molar-refractivity contribution in [2.75, 3.05) is 19.6 Å². The zero-order chi connectivity index (χ0) is 23.5. The first-order valence-electron chi connectivity index (χ1n) is 12.2. The SMILES string of the molecule is CCC1CCCCN1CCCNC(=O)c1ccc(Cn2c(=O)c3cccn3c3cccnc32)o1. The van der Waals surface area contributed by atoms with Gasteiger partial charge in [0.25, 0.3) is 11.5 Å². The van der Waals surface area contributed by atoms with Crippen LogP contribution in [-0.2, 0) is 6.54 Å². The number of fused-ring (bicyclic) bond motifs is 3. The maximum atomic E-state index is 13.1. The molecule has 1 atom stereocenters. The van der Waals surface area contributed by atoms with Crippen LogP contribution in [0.2, 0.25) is 0 Å². The van der Waals surface area contributed by atoms with E-state index in [0.29, 0.717) is 29.5 Å². The summed E-state index contributed by atoms with van der Waals surface area (Å²) in [4.78, 5) is 32.7. The molecular formula is C26H31N5O3. The number of nitrogens with zero attached hydrogens (tertiary/aromatic N) is 4. The van der Waals surface area contributed by atoms with Crippen LogP contribution in [0.25, 0.3) is 16.7 Å². The molecule has 1 aliphatic heterocycles. The molecule has 4 aromatic heterocycles. The number of furan rings is 1. The van der Waals surface area contributed by atoms with Gasteiger partial charge in [0.1, 0.15) is 11.3 Å². The summed E-state index contributed by atoms with van der Waals surface area (Å²) in [6, 6.07) is 11.5. The molecule has 0 bridgehead atoms. The second-order valence-electron chi connectivity index (χ2n) is 8.97. The first kappa shape index (κ1) is 22.4. The van der Waals surface area contributed by atoms with Gasteiger partial charge in [-0.15, -0.1) is 0 Å². The van der Waals surface area contributed by atoms with E-state index < -0.39 is 0 Å². The van der Waals surface area contributed by atoms with Crippen molar-refractivity contribution in [2.45, 2.75) is 51.6 Å². The summed E-state index contributed by atoms with van der Waals surface area (Å²) in [5.41, 5.74) is 1.83. The van der Waals surface area contributed by atoms with Crippen LogP contribution in [0.5, 0.6) is 0 Å². The fourth-order valence-electron chi connectivity index (χ4n) is 5.06. The lowest BCUT2D eigenvalue weighted by Crippen LogP contribution is -2.40. The average Bonchev–Trinajstić information content (AvgIpc) is 3.55. The Bertz CT molecular complexity index is 1350. The summed E-state index contributed by atoms with van der Waals surface area (Å²) in [6.45, 7) is 5.23. The highest BCUT2D eigenvalue weighted by Crippen LogP contribution is 2.19. The zero-order valence-electron chi connectivity index (χ0n) is 19.6. The van der Waals surface area contributed by atoms with Crippen molar-refractivity contribution in [2.24, 2.45) is 0 Å². The second-order valence-corrected chi connectivity index (χ2v) is 8.97. The van der Waals surface area contributed by atoms with E-state index in [-0.39, 0.29) is 23.8 Å². The number of pyridine rings is 1. The molecule has 0 aromatic carbocycles. The molecule has 1 N–H and O–H groups in total. The van der Waals surface area contributed by atoms with E-state index in [2.05, 4.69) is 22.1 Å². The molecule has 8 nitrogen and oxygen atoms in total. The Hall–Kier alpha value is -3.39. The third-order valence-corrected chi connectivity index (χ3v) is 6.82. The Morgan fingerprint density at radius 3 is 2.94 bits per heavy atom. The van der Waals surface area contributed by atoms with E-state index in [0.717, 1.165) is 25.0 Å². The molecule has 34 heavy (non-hydrogen) atoms. The summed E-state index contributed by atoms with van der Waals surface area (Å²) in [5, 5.41) is 2.97. The summed E-state index contributed by atoms with van der Waals surface area (Å²) < 4.78 is 9.24. The number of carbonyl (C=O) groups is 1. The van der Waals surface area contributed by atoms with Gasteiger partial charge >= 0.3 is 0 Å².